The lowest BCUT2D eigenvalue weighted by molar-refractivity contribution is 0.145. The van der Waals surface area contributed by atoms with Crippen molar-refractivity contribution in [2.24, 2.45) is 0 Å². The molecule has 0 spiro atoms. The van der Waals surface area contributed by atoms with Gasteiger partial charge in [0.25, 0.3) is 0 Å². The van der Waals surface area contributed by atoms with Crippen molar-refractivity contribution >= 4 is 22.2 Å². The van der Waals surface area contributed by atoms with Gasteiger partial charge in [-0.15, -0.1) is 13.2 Å². The number of hydrogen-bond donors (Lipinski definition) is 0. The fraction of sp³-hybridized carbons (Fsp3) is 0.500. The second kappa shape index (κ2) is 7.89. The molecule has 0 aromatic rings. The maximum atomic E-state index is 10.5. The lowest BCUT2D eigenvalue weighted by Crippen LogP contribution is -2.24. The van der Waals surface area contributed by atoms with E-state index in [1.807, 2.05) is 0 Å². The lowest BCUT2D eigenvalue weighted by atomic mass is 10.4. The summed E-state index contributed by atoms with van der Waals surface area (Å²) in [7, 11) is 0. The molecule has 4 atom stereocenters. The molecule has 0 N–H and O–H groups in total. The van der Waals surface area contributed by atoms with Crippen molar-refractivity contribution in [2.75, 3.05) is 13.2 Å². The number of ether oxygens (including phenoxy) is 1. The van der Waals surface area contributed by atoms with Gasteiger partial charge in [-0.25, -0.2) is 0 Å². The van der Waals surface area contributed by atoms with Crippen LogP contribution in [0.25, 0.3) is 0 Å². The smallest absolute Gasteiger partial charge is 0.0634 e. The molecule has 88 valence electrons. The van der Waals surface area contributed by atoms with E-state index in [0.717, 1.165) is 0 Å². The highest BCUT2D eigenvalue weighted by atomic mass is 32.2. The van der Waals surface area contributed by atoms with Gasteiger partial charge in [0.1, 0.15) is 0 Å². The van der Waals surface area contributed by atoms with Gasteiger partial charge in [-0.2, -0.15) is 0 Å². The fourth-order valence-corrected chi connectivity index (χ4v) is 1.43. The average Bonchev–Trinajstić information content (AvgIpc) is 2.17. The Morgan fingerprint density at radius 1 is 1.07 bits per heavy atom. The molecule has 0 aliphatic rings. The summed E-state index contributed by atoms with van der Waals surface area (Å²) in [4.78, 5) is 0. The molecule has 0 aliphatic heterocycles. The highest BCUT2D eigenvalue weighted by molar-refractivity contribution is 7.80. The molecule has 5 nitrogen and oxygen atoms in total. The minimum atomic E-state index is -2.30. The van der Waals surface area contributed by atoms with E-state index < -0.39 is 32.7 Å². The van der Waals surface area contributed by atoms with E-state index in [0.29, 0.717) is 0 Å². The van der Waals surface area contributed by atoms with Crippen molar-refractivity contribution in [3.63, 3.8) is 0 Å². The Labute approximate surface area is 93.8 Å². The van der Waals surface area contributed by atoms with E-state index in [-0.39, 0.29) is 13.2 Å². The summed E-state index contributed by atoms with van der Waals surface area (Å²) in [5, 5.41) is -1.65. The fourth-order valence-electron chi connectivity index (χ4n) is 0.705. The Hall–Kier alpha value is -0.340. The van der Waals surface area contributed by atoms with Gasteiger partial charge in [0.2, 0.25) is 0 Å². The summed E-state index contributed by atoms with van der Waals surface area (Å²) in [6.07, 6.45) is 2.44. The van der Waals surface area contributed by atoms with Crippen LogP contribution >= 0.6 is 0 Å². The molecule has 0 saturated heterocycles. The zero-order chi connectivity index (χ0) is 11.8. The van der Waals surface area contributed by atoms with E-state index in [4.69, 9.17) is 4.74 Å². The molecule has 0 aromatic heterocycles. The largest absolute Gasteiger partial charge is 0.772 e. The minimum absolute atomic E-state index is 0.110. The standard InChI is InChI=1S/C8H14O5S2/c1-3-7(14(9)10)5-13-6-8(4-2)15(11)12/h3-4,7-8H,1-2,5-6H2,(H,9,10)(H,11,12)/p-2. The van der Waals surface area contributed by atoms with Crippen LogP contribution in [0.2, 0.25) is 0 Å². The second-order valence-corrected chi connectivity index (χ2v) is 4.86. The summed E-state index contributed by atoms with van der Waals surface area (Å²) in [5.74, 6) is 0. The average molecular weight is 252 g/mol. The predicted molar refractivity (Wildman–Crippen MR) is 56.6 cm³/mol. The van der Waals surface area contributed by atoms with Crippen molar-refractivity contribution in [3.05, 3.63) is 25.3 Å². The topological polar surface area (TPSA) is 89.5 Å². The highest BCUT2D eigenvalue weighted by Crippen LogP contribution is 2.00. The van der Waals surface area contributed by atoms with Gasteiger partial charge >= 0.3 is 0 Å². The lowest BCUT2D eigenvalue weighted by Gasteiger charge is -2.19. The van der Waals surface area contributed by atoms with Crippen molar-refractivity contribution in [1.82, 2.24) is 0 Å². The van der Waals surface area contributed by atoms with E-state index >= 15 is 0 Å². The van der Waals surface area contributed by atoms with Crippen molar-refractivity contribution in [2.45, 2.75) is 10.5 Å². The molecule has 4 unspecified atom stereocenters. The van der Waals surface area contributed by atoms with Crippen LogP contribution in [-0.2, 0) is 26.9 Å². The molecular weight excluding hydrogens is 240 g/mol. The van der Waals surface area contributed by atoms with Crippen LogP contribution in [0.3, 0.4) is 0 Å². The number of hydrogen-bond acceptors (Lipinski definition) is 5. The Bertz CT molecular complexity index is 240. The molecule has 0 heterocycles. The van der Waals surface area contributed by atoms with Gasteiger partial charge in [0.05, 0.1) is 23.7 Å². The summed E-state index contributed by atoms with van der Waals surface area (Å²) in [6.45, 7) is 6.42. The maximum absolute atomic E-state index is 10.5. The van der Waals surface area contributed by atoms with E-state index in [2.05, 4.69) is 13.2 Å². The Kier molecular flexibility index (Phi) is 7.71. The van der Waals surface area contributed by atoms with Gasteiger partial charge in [-0.1, -0.05) is 12.2 Å². The first-order valence-electron chi connectivity index (χ1n) is 4.02. The van der Waals surface area contributed by atoms with Crippen molar-refractivity contribution in [1.29, 1.82) is 0 Å². The van der Waals surface area contributed by atoms with E-state index in [9.17, 15) is 17.5 Å². The van der Waals surface area contributed by atoms with Crippen molar-refractivity contribution in [3.8, 4) is 0 Å². The molecule has 0 bridgehead atoms. The van der Waals surface area contributed by atoms with Gasteiger partial charge in [0.15, 0.2) is 0 Å². The zero-order valence-corrected chi connectivity index (χ0v) is 9.63. The molecule has 0 aromatic carbocycles. The first kappa shape index (κ1) is 14.7. The predicted octanol–water partition coefficient (Wildman–Crippen LogP) is -0.130. The summed E-state index contributed by atoms with van der Waals surface area (Å²) in [5.41, 5.74) is 0. The maximum Gasteiger partial charge on any atom is 0.0634 e. The molecule has 7 heteroatoms. The molecule has 0 radical (unpaired) electrons. The molecule has 0 saturated carbocycles. The molecular formula is C8H12O5S2-2. The molecule has 15 heavy (non-hydrogen) atoms. The van der Waals surface area contributed by atoms with Gasteiger partial charge < -0.3 is 13.8 Å². The summed E-state index contributed by atoms with van der Waals surface area (Å²) >= 11 is -4.61. The van der Waals surface area contributed by atoms with Crippen LogP contribution in [0.15, 0.2) is 25.3 Å². The van der Waals surface area contributed by atoms with Crippen LogP contribution in [0.5, 0.6) is 0 Å². The Morgan fingerprint density at radius 3 is 1.60 bits per heavy atom. The third-order valence-corrected chi connectivity index (χ3v) is 3.23. The van der Waals surface area contributed by atoms with Crippen molar-refractivity contribution < 1.29 is 22.3 Å². The van der Waals surface area contributed by atoms with E-state index in [1.165, 1.54) is 12.2 Å². The second-order valence-electron chi connectivity index (χ2n) is 2.61. The summed E-state index contributed by atoms with van der Waals surface area (Å²) < 4.78 is 47.0. The molecule has 0 rings (SSSR count). The third-order valence-electron chi connectivity index (χ3n) is 1.58. The summed E-state index contributed by atoms with van der Waals surface area (Å²) in [6, 6.07) is 0. The quantitative estimate of drug-likeness (QED) is 0.443. The Morgan fingerprint density at radius 2 is 1.40 bits per heavy atom. The molecule has 0 aliphatic carbocycles. The minimum Gasteiger partial charge on any atom is -0.772 e. The van der Waals surface area contributed by atoms with Gasteiger partial charge in [-0.05, 0) is 22.2 Å². The van der Waals surface area contributed by atoms with Gasteiger partial charge in [-0.3, -0.25) is 8.42 Å². The normalized spacial score (nSPS) is 18.8. The SMILES string of the molecule is C=CC(COCC(C=C)S(=O)[O-])S(=O)[O-]. The van der Waals surface area contributed by atoms with Crippen LogP contribution < -0.4 is 0 Å². The van der Waals surface area contributed by atoms with Gasteiger partial charge in [0, 0.05) is 0 Å². The monoisotopic (exact) mass is 252 g/mol. The highest BCUT2D eigenvalue weighted by Gasteiger charge is 2.08. The van der Waals surface area contributed by atoms with Crippen LogP contribution in [-0.4, -0.2) is 41.2 Å². The Balaban J connectivity index is 3.95. The molecule has 0 fully saturated rings. The number of rotatable bonds is 8. The van der Waals surface area contributed by atoms with E-state index in [1.54, 1.807) is 0 Å². The van der Waals surface area contributed by atoms with Crippen LogP contribution in [0.4, 0.5) is 0 Å². The van der Waals surface area contributed by atoms with Crippen LogP contribution in [0.1, 0.15) is 0 Å². The first-order valence-corrected chi connectivity index (χ1v) is 6.29. The van der Waals surface area contributed by atoms with Crippen LogP contribution in [0, 0.1) is 0 Å². The third kappa shape index (κ3) is 5.95. The molecule has 0 amide bonds. The first-order chi connectivity index (χ1) is 7.02. The zero-order valence-electron chi connectivity index (χ0n) is 8.00.